The molecule has 4 rings (SSSR count). The number of esters is 1. The van der Waals surface area contributed by atoms with E-state index in [1.807, 2.05) is 55.5 Å². The maximum atomic E-state index is 13.2. The molecule has 1 aliphatic heterocycles. The van der Waals surface area contributed by atoms with Crippen molar-refractivity contribution in [2.75, 3.05) is 14.2 Å². The third-order valence-electron chi connectivity index (χ3n) is 5.10. The Labute approximate surface area is 157 Å². The molecule has 0 spiro atoms. The molecule has 1 N–H and O–H groups in total. The van der Waals surface area contributed by atoms with E-state index in [1.165, 1.54) is 7.11 Å². The molecule has 0 aromatic heterocycles. The second-order valence-corrected chi connectivity index (χ2v) is 6.52. The van der Waals surface area contributed by atoms with Gasteiger partial charge in [-0.3, -0.25) is 4.79 Å². The van der Waals surface area contributed by atoms with E-state index in [-0.39, 0.29) is 5.78 Å². The zero-order chi connectivity index (χ0) is 19.1. The average Bonchev–Trinajstić information content (AvgIpc) is 2.99. The highest BCUT2D eigenvalue weighted by molar-refractivity contribution is 6.23. The van der Waals surface area contributed by atoms with Crippen LogP contribution in [0.3, 0.4) is 0 Å². The number of nitrogens with one attached hydrogen (secondary N) is 1. The van der Waals surface area contributed by atoms with Gasteiger partial charge < -0.3 is 14.8 Å². The van der Waals surface area contributed by atoms with E-state index in [9.17, 15) is 9.59 Å². The van der Waals surface area contributed by atoms with Crippen LogP contribution in [0.1, 0.15) is 34.3 Å². The minimum Gasteiger partial charge on any atom is -0.497 e. The predicted molar refractivity (Wildman–Crippen MR) is 101 cm³/mol. The lowest BCUT2D eigenvalue weighted by Gasteiger charge is -2.29. The summed E-state index contributed by atoms with van der Waals surface area (Å²) in [5.74, 6) is -0.304. The molecule has 5 nitrogen and oxygen atoms in total. The summed E-state index contributed by atoms with van der Waals surface area (Å²) in [6.07, 6.45) is 0. The summed E-state index contributed by atoms with van der Waals surface area (Å²) >= 11 is 0. The van der Waals surface area contributed by atoms with E-state index in [0.29, 0.717) is 28.2 Å². The van der Waals surface area contributed by atoms with Gasteiger partial charge in [-0.15, -0.1) is 0 Å². The summed E-state index contributed by atoms with van der Waals surface area (Å²) in [5.41, 5.74) is 4.82. The summed E-state index contributed by atoms with van der Waals surface area (Å²) in [5, 5.41) is 3.27. The van der Waals surface area contributed by atoms with Crippen LogP contribution < -0.4 is 10.1 Å². The number of Topliss-reactive ketones (excluding diaryl/α,β-unsaturated/α-hetero) is 1. The molecule has 0 amide bonds. The van der Waals surface area contributed by atoms with Crippen LogP contribution in [0.25, 0.3) is 5.70 Å². The second-order valence-electron chi connectivity index (χ2n) is 6.52. The summed E-state index contributed by atoms with van der Waals surface area (Å²) in [4.78, 5) is 25.8. The predicted octanol–water partition coefficient (Wildman–Crippen LogP) is 3.44. The van der Waals surface area contributed by atoms with Gasteiger partial charge in [0, 0.05) is 28.3 Å². The Kier molecular flexibility index (Phi) is 4.07. The number of carbonyl (C=O) groups is 2. The number of benzene rings is 2. The fourth-order valence-corrected chi connectivity index (χ4v) is 3.84. The minimum atomic E-state index is -0.500. The van der Waals surface area contributed by atoms with E-state index in [2.05, 4.69) is 5.32 Å². The lowest BCUT2D eigenvalue weighted by atomic mass is 9.80. The molecule has 0 radical (unpaired) electrons. The van der Waals surface area contributed by atoms with Gasteiger partial charge in [0.1, 0.15) is 5.75 Å². The highest BCUT2D eigenvalue weighted by Crippen LogP contribution is 2.46. The first-order chi connectivity index (χ1) is 13.1. The maximum absolute atomic E-state index is 13.2. The molecular weight excluding hydrogens is 342 g/mol. The van der Waals surface area contributed by atoms with Crippen LogP contribution in [-0.4, -0.2) is 26.0 Å². The lowest BCUT2D eigenvalue weighted by molar-refractivity contribution is -0.136. The number of dihydropyridines is 1. The first kappa shape index (κ1) is 17.1. The molecule has 1 heterocycles. The summed E-state index contributed by atoms with van der Waals surface area (Å²) in [7, 11) is 2.95. The quantitative estimate of drug-likeness (QED) is 0.849. The third kappa shape index (κ3) is 2.54. The van der Waals surface area contributed by atoms with Crippen molar-refractivity contribution in [3.63, 3.8) is 0 Å². The first-order valence-corrected chi connectivity index (χ1v) is 8.65. The van der Waals surface area contributed by atoms with E-state index in [1.54, 1.807) is 7.11 Å². The molecule has 136 valence electrons. The molecule has 0 fully saturated rings. The van der Waals surface area contributed by atoms with Crippen molar-refractivity contribution in [3.8, 4) is 5.75 Å². The molecule has 27 heavy (non-hydrogen) atoms. The molecule has 2 aromatic rings. The molecule has 1 unspecified atom stereocenters. The monoisotopic (exact) mass is 361 g/mol. The second kappa shape index (κ2) is 6.43. The Balaban J connectivity index is 1.92. The lowest BCUT2D eigenvalue weighted by Crippen LogP contribution is -2.29. The van der Waals surface area contributed by atoms with Crippen LogP contribution in [-0.2, 0) is 9.53 Å². The standard InChI is InChI=1S/C22H19NO4/c1-12-17(22(25)27-3)18(13-8-10-14(26-2)11-9-13)19-20(23-12)15-6-4-5-7-16(15)21(19)24/h4-11,18,23H,1-3H3. The minimum absolute atomic E-state index is 0.0668. The van der Waals surface area contributed by atoms with E-state index < -0.39 is 11.9 Å². The van der Waals surface area contributed by atoms with E-state index in [0.717, 1.165) is 16.8 Å². The molecule has 2 aromatic carbocycles. The fourth-order valence-electron chi connectivity index (χ4n) is 3.84. The topological polar surface area (TPSA) is 64.6 Å². The highest BCUT2D eigenvalue weighted by atomic mass is 16.5. The van der Waals surface area contributed by atoms with Crippen LogP contribution in [0.4, 0.5) is 0 Å². The Bertz CT molecular complexity index is 1010. The van der Waals surface area contributed by atoms with Crippen LogP contribution in [0.15, 0.2) is 65.4 Å². The van der Waals surface area contributed by atoms with Crippen molar-refractivity contribution in [1.82, 2.24) is 5.32 Å². The third-order valence-corrected chi connectivity index (χ3v) is 5.10. The molecule has 0 bridgehead atoms. The molecular formula is C22H19NO4. The fraction of sp³-hybridized carbons (Fsp3) is 0.182. The van der Waals surface area contributed by atoms with Crippen molar-refractivity contribution in [1.29, 1.82) is 0 Å². The molecule has 1 aliphatic carbocycles. The maximum Gasteiger partial charge on any atom is 0.336 e. The number of ketones is 1. The smallest absolute Gasteiger partial charge is 0.336 e. The van der Waals surface area contributed by atoms with Gasteiger partial charge in [0.2, 0.25) is 0 Å². The van der Waals surface area contributed by atoms with Gasteiger partial charge in [-0.2, -0.15) is 0 Å². The van der Waals surface area contributed by atoms with Crippen molar-refractivity contribution in [2.24, 2.45) is 0 Å². The Morgan fingerprint density at radius 1 is 1.00 bits per heavy atom. The van der Waals surface area contributed by atoms with Crippen molar-refractivity contribution >= 4 is 17.4 Å². The number of fused-ring (bicyclic) bond motifs is 2. The normalized spacial score (nSPS) is 18.0. The largest absolute Gasteiger partial charge is 0.497 e. The number of carbonyl (C=O) groups excluding carboxylic acids is 2. The first-order valence-electron chi connectivity index (χ1n) is 8.65. The summed E-state index contributed by atoms with van der Waals surface area (Å²) in [6.45, 7) is 1.83. The van der Waals surface area contributed by atoms with Gasteiger partial charge in [0.15, 0.2) is 5.78 Å². The molecule has 0 saturated carbocycles. The molecule has 0 saturated heterocycles. The zero-order valence-electron chi connectivity index (χ0n) is 15.3. The molecule has 2 aliphatic rings. The van der Waals surface area contributed by atoms with Crippen LogP contribution in [0, 0.1) is 0 Å². The summed E-state index contributed by atoms with van der Waals surface area (Å²) in [6, 6.07) is 14.9. The Hall–Kier alpha value is -3.34. The van der Waals surface area contributed by atoms with Crippen LogP contribution in [0.5, 0.6) is 5.75 Å². The molecule has 1 atom stereocenters. The summed E-state index contributed by atoms with van der Waals surface area (Å²) < 4.78 is 10.3. The van der Waals surface area contributed by atoms with Crippen LogP contribution >= 0.6 is 0 Å². The van der Waals surface area contributed by atoms with Crippen molar-refractivity contribution in [3.05, 3.63) is 82.1 Å². The number of ether oxygens (including phenoxy) is 2. The van der Waals surface area contributed by atoms with Crippen molar-refractivity contribution in [2.45, 2.75) is 12.8 Å². The van der Waals surface area contributed by atoms with Crippen LogP contribution in [0.2, 0.25) is 0 Å². The van der Waals surface area contributed by atoms with Gasteiger partial charge in [-0.05, 0) is 24.6 Å². The number of methoxy groups -OCH3 is 2. The zero-order valence-corrected chi connectivity index (χ0v) is 15.3. The number of hydrogen-bond donors (Lipinski definition) is 1. The van der Waals surface area contributed by atoms with Gasteiger partial charge in [-0.25, -0.2) is 4.79 Å². The SMILES string of the molecule is COC(=O)C1=C(C)NC2=C(C(=O)c3ccccc32)C1c1ccc(OC)cc1. The van der Waals surface area contributed by atoms with Gasteiger partial charge in [0.05, 0.1) is 25.5 Å². The number of hydrogen-bond acceptors (Lipinski definition) is 5. The molecule has 5 heteroatoms. The number of rotatable bonds is 3. The van der Waals surface area contributed by atoms with Gasteiger partial charge in [-0.1, -0.05) is 36.4 Å². The Morgan fingerprint density at radius 3 is 2.30 bits per heavy atom. The van der Waals surface area contributed by atoms with E-state index in [4.69, 9.17) is 9.47 Å². The van der Waals surface area contributed by atoms with Gasteiger partial charge in [0.25, 0.3) is 0 Å². The average molecular weight is 361 g/mol. The highest BCUT2D eigenvalue weighted by Gasteiger charge is 2.42. The number of allylic oxidation sites excluding steroid dienone is 2. The van der Waals surface area contributed by atoms with Crippen molar-refractivity contribution < 1.29 is 19.1 Å². The Morgan fingerprint density at radius 2 is 1.67 bits per heavy atom. The van der Waals surface area contributed by atoms with Gasteiger partial charge >= 0.3 is 5.97 Å². The van der Waals surface area contributed by atoms with E-state index >= 15 is 0 Å².